The third-order valence-corrected chi connectivity index (χ3v) is 12.6. The number of nitrogens with one attached hydrogen (secondary N) is 4. The monoisotopic (exact) mass is 1040 g/mol. The molecule has 1 aliphatic rings. The van der Waals surface area contributed by atoms with Gasteiger partial charge in [-0.1, -0.05) is 113 Å². The van der Waals surface area contributed by atoms with Gasteiger partial charge in [0.25, 0.3) is 0 Å². The van der Waals surface area contributed by atoms with Crippen LogP contribution >= 0.6 is 23.2 Å². The molecule has 0 bridgehead atoms. The number of amides is 4. The maximum Gasteiger partial charge on any atom is 0.337 e. The number of benzene rings is 1. The summed E-state index contributed by atoms with van der Waals surface area (Å²) in [5, 5.41) is 30.0. The minimum atomic E-state index is -1.21. The summed E-state index contributed by atoms with van der Waals surface area (Å²) in [6.07, 6.45) is 22.1. The van der Waals surface area contributed by atoms with Crippen LogP contribution in [-0.4, -0.2) is 130 Å². The molecule has 1 aromatic rings. The van der Waals surface area contributed by atoms with Crippen molar-refractivity contribution in [3.05, 3.63) is 28.2 Å². The highest BCUT2D eigenvalue weighted by Crippen LogP contribution is 2.29. The Morgan fingerprint density at radius 3 is 1.59 bits per heavy atom. The number of unbranched alkanes of at least 4 members (excludes halogenated alkanes) is 15. The maximum atomic E-state index is 13.0. The summed E-state index contributed by atoms with van der Waals surface area (Å²) < 4.78 is 26.4. The van der Waals surface area contributed by atoms with Crippen molar-refractivity contribution in [2.24, 2.45) is 11.8 Å². The Kier molecular flexibility index (Phi) is 36.8. The number of ether oxygens (including phenoxy) is 5. The first-order valence-corrected chi connectivity index (χ1v) is 26.6. The van der Waals surface area contributed by atoms with Crippen molar-refractivity contribution < 1.29 is 67.5 Å². The van der Waals surface area contributed by atoms with Crippen molar-refractivity contribution in [2.75, 3.05) is 72.5 Å². The van der Waals surface area contributed by atoms with Gasteiger partial charge in [-0.2, -0.15) is 0 Å². The Balaban J connectivity index is 1.37. The van der Waals surface area contributed by atoms with Crippen LogP contribution in [0.2, 0.25) is 10.0 Å². The number of carboxylic acids is 2. The Labute approximate surface area is 430 Å². The fourth-order valence-electron chi connectivity index (χ4n) is 7.97. The molecule has 1 aromatic carbocycles. The fourth-order valence-corrected chi connectivity index (χ4v) is 8.42. The molecule has 0 heterocycles. The maximum absolute atomic E-state index is 13.0. The Morgan fingerprint density at radius 2 is 1.06 bits per heavy atom. The number of carboxylic acid groups (broad SMARTS) is 2. The first-order valence-electron chi connectivity index (χ1n) is 25.9. The Hall–Kier alpha value is -4.07. The highest BCUT2D eigenvalue weighted by atomic mass is 35.5. The molecule has 1 aliphatic carbocycles. The van der Waals surface area contributed by atoms with E-state index in [-0.39, 0.29) is 131 Å². The summed E-state index contributed by atoms with van der Waals surface area (Å²) in [6.45, 7) is 1.60. The van der Waals surface area contributed by atoms with Gasteiger partial charge in [0.2, 0.25) is 23.6 Å². The van der Waals surface area contributed by atoms with Gasteiger partial charge in [-0.25, -0.2) is 9.59 Å². The minimum Gasteiger partial charge on any atom is -0.481 e. The molecular formula is C51H82Cl2N4O14. The van der Waals surface area contributed by atoms with Gasteiger partial charge in [-0.15, -0.1) is 0 Å². The zero-order valence-corrected chi connectivity index (χ0v) is 43.3. The molecular weight excluding hydrogens is 963 g/mol. The molecule has 1 saturated carbocycles. The molecule has 1 atom stereocenters. The van der Waals surface area contributed by atoms with Gasteiger partial charge < -0.3 is 55.2 Å². The van der Waals surface area contributed by atoms with Crippen molar-refractivity contribution in [2.45, 2.75) is 160 Å². The second kappa shape index (κ2) is 41.4. The molecule has 6 N–H and O–H groups in total. The van der Waals surface area contributed by atoms with Crippen LogP contribution in [0.25, 0.3) is 0 Å². The van der Waals surface area contributed by atoms with Crippen LogP contribution in [0, 0.1) is 11.8 Å². The van der Waals surface area contributed by atoms with E-state index in [1.807, 2.05) is 0 Å². The quantitative estimate of drug-likeness (QED) is 0.0209. The first-order chi connectivity index (χ1) is 34.3. The lowest BCUT2D eigenvalue weighted by Crippen LogP contribution is -2.45. The van der Waals surface area contributed by atoms with Crippen LogP contribution < -0.4 is 26.0 Å². The number of carbonyl (C=O) groups excluding carboxylic acids is 5. The molecule has 1 unspecified atom stereocenters. The number of esters is 1. The van der Waals surface area contributed by atoms with Gasteiger partial charge in [0.05, 0.1) is 44.7 Å². The zero-order chi connectivity index (χ0) is 51.7. The Morgan fingerprint density at radius 1 is 0.563 bits per heavy atom. The third kappa shape index (κ3) is 34.9. The van der Waals surface area contributed by atoms with Crippen molar-refractivity contribution in [1.82, 2.24) is 21.3 Å². The van der Waals surface area contributed by atoms with Crippen LogP contribution in [0.5, 0.6) is 5.75 Å². The average molecular weight is 1050 g/mol. The smallest absolute Gasteiger partial charge is 0.337 e. The van der Waals surface area contributed by atoms with Gasteiger partial charge in [0, 0.05) is 49.8 Å². The number of hydrogen-bond acceptors (Lipinski definition) is 12. The molecule has 0 radical (unpaired) electrons. The summed E-state index contributed by atoms with van der Waals surface area (Å²) in [6, 6.07) is 3.29. The molecule has 18 nitrogen and oxygen atoms in total. The molecule has 0 spiro atoms. The second-order valence-corrected chi connectivity index (χ2v) is 18.9. The highest BCUT2D eigenvalue weighted by Gasteiger charge is 2.30. The van der Waals surface area contributed by atoms with Crippen LogP contribution in [0.15, 0.2) is 18.2 Å². The van der Waals surface area contributed by atoms with Gasteiger partial charge in [0.15, 0.2) is 0 Å². The van der Waals surface area contributed by atoms with Crippen LogP contribution in [0.1, 0.15) is 154 Å². The van der Waals surface area contributed by atoms with Gasteiger partial charge >= 0.3 is 17.9 Å². The minimum absolute atomic E-state index is 0.0598. The van der Waals surface area contributed by atoms with E-state index < -0.39 is 23.9 Å². The standard InChI is InChI=1S/C51H82Cl2N4O14/c52-41-23-25-44(42(53)35-41)71-49(63)38-70-34-32-68-30-28-55-47(60)37-69-33-31-67-29-27-54-46(59)26-24-43(51(65)66)57-50(64)40-21-19-39(20-22-40)36-56-45(58)17-15-13-11-9-7-5-3-1-2-4-6-8-10-12-14-16-18-48(61)62/h23,25,35,39-40,43H,1-22,24,26-34,36-38H2,(H,54,59)(H,55,60)(H,56,58)(H,57,64)(H,61,62)(H,65,66). The fraction of sp³-hybridized carbons (Fsp3) is 0.745. The number of rotatable bonds is 44. The third-order valence-electron chi connectivity index (χ3n) is 12.1. The molecule has 2 rings (SSSR count). The first kappa shape index (κ1) is 63.0. The summed E-state index contributed by atoms with van der Waals surface area (Å²) in [5.74, 6) is -3.36. The summed E-state index contributed by atoms with van der Waals surface area (Å²) in [7, 11) is 0. The van der Waals surface area contributed by atoms with E-state index in [0.717, 1.165) is 51.4 Å². The SMILES string of the molecule is O=C(O)CCCCCCCCCCCCCCCCCCC(=O)NCC1CCC(C(=O)NC(CCC(=O)NCCOCCOCC(=O)NCCOCCOCC(=O)Oc2ccc(Cl)cc2Cl)C(=O)O)CC1. The average Bonchev–Trinajstić information content (AvgIpc) is 3.34. The topological polar surface area (TPSA) is 254 Å². The number of aliphatic carboxylic acids is 2. The normalized spacial score (nSPS) is 14.8. The number of halogens is 2. The van der Waals surface area contributed by atoms with Gasteiger partial charge in [0.1, 0.15) is 25.0 Å². The second-order valence-electron chi connectivity index (χ2n) is 18.1. The predicted molar refractivity (Wildman–Crippen MR) is 269 cm³/mol. The number of hydrogen-bond donors (Lipinski definition) is 6. The van der Waals surface area contributed by atoms with Crippen molar-refractivity contribution in [3.8, 4) is 5.75 Å². The highest BCUT2D eigenvalue weighted by molar-refractivity contribution is 6.35. The van der Waals surface area contributed by atoms with E-state index in [1.54, 1.807) is 6.07 Å². The molecule has 1 fully saturated rings. The largest absolute Gasteiger partial charge is 0.481 e. The lowest BCUT2D eigenvalue weighted by atomic mass is 9.81. The van der Waals surface area contributed by atoms with Crippen molar-refractivity contribution in [3.63, 3.8) is 0 Å². The number of carbonyl (C=O) groups is 7. The van der Waals surface area contributed by atoms with E-state index in [2.05, 4.69) is 21.3 Å². The summed E-state index contributed by atoms with van der Waals surface area (Å²) in [4.78, 5) is 84.1. The van der Waals surface area contributed by atoms with E-state index in [1.165, 1.54) is 76.3 Å². The molecule has 0 aliphatic heterocycles. The van der Waals surface area contributed by atoms with E-state index in [4.69, 9.17) is 52.0 Å². The van der Waals surface area contributed by atoms with Crippen molar-refractivity contribution in [1.29, 1.82) is 0 Å². The van der Waals surface area contributed by atoms with E-state index in [9.17, 15) is 38.7 Å². The molecule has 20 heteroatoms. The van der Waals surface area contributed by atoms with Gasteiger partial charge in [-0.05, 0) is 69.1 Å². The van der Waals surface area contributed by atoms with Crippen LogP contribution in [-0.2, 0) is 52.5 Å². The lowest BCUT2D eigenvalue weighted by molar-refractivity contribution is -0.143. The molecule has 0 saturated heterocycles. The molecule has 404 valence electrons. The molecule has 0 aromatic heterocycles. The van der Waals surface area contributed by atoms with Gasteiger partial charge in [-0.3, -0.25) is 24.0 Å². The van der Waals surface area contributed by atoms with E-state index >= 15 is 0 Å². The summed E-state index contributed by atoms with van der Waals surface area (Å²) >= 11 is 11.8. The van der Waals surface area contributed by atoms with Crippen LogP contribution in [0.3, 0.4) is 0 Å². The van der Waals surface area contributed by atoms with E-state index in [0.29, 0.717) is 30.8 Å². The predicted octanol–water partition coefficient (Wildman–Crippen LogP) is 7.58. The van der Waals surface area contributed by atoms with Crippen molar-refractivity contribution >= 4 is 64.7 Å². The zero-order valence-electron chi connectivity index (χ0n) is 41.8. The summed E-state index contributed by atoms with van der Waals surface area (Å²) in [5.41, 5.74) is 0. The van der Waals surface area contributed by atoms with Crippen LogP contribution in [0.4, 0.5) is 0 Å². The molecule has 71 heavy (non-hydrogen) atoms. The lowest BCUT2D eigenvalue weighted by Gasteiger charge is -2.28. The molecule has 4 amide bonds. The Bertz CT molecular complexity index is 1680.